The van der Waals surface area contributed by atoms with E-state index < -0.39 is 0 Å². The van der Waals surface area contributed by atoms with E-state index in [4.69, 9.17) is 13.9 Å². The van der Waals surface area contributed by atoms with Crippen LogP contribution in [0.15, 0.2) is 88.4 Å². The zero-order valence-electron chi connectivity index (χ0n) is 18.6. The Kier molecular flexibility index (Phi) is 6.26. The minimum absolute atomic E-state index is 0.451. The lowest BCUT2D eigenvalue weighted by molar-refractivity contribution is 0.414. The number of hydrogen-bond acceptors (Lipinski definition) is 8. The van der Waals surface area contributed by atoms with Gasteiger partial charge in [-0.05, 0) is 48.5 Å². The summed E-state index contributed by atoms with van der Waals surface area (Å²) in [5.41, 5.74) is 2.67. The van der Waals surface area contributed by atoms with E-state index in [2.05, 4.69) is 20.4 Å². The van der Waals surface area contributed by atoms with Crippen LogP contribution < -0.4 is 9.47 Å². The molecule has 0 atom stereocenters. The molecule has 0 amide bonds. The van der Waals surface area contributed by atoms with E-state index in [0.717, 1.165) is 28.3 Å². The Labute approximate surface area is 200 Å². The number of thioether (sulfide) groups is 1. The van der Waals surface area contributed by atoms with Gasteiger partial charge in [-0.25, -0.2) is 0 Å². The lowest BCUT2D eigenvalue weighted by Crippen LogP contribution is -2.00. The highest BCUT2D eigenvalue weighted by molar-refractivity contribution is 7.98. The number of methoxy groups -OCH3 is 2. The summed E-state index contributed by atoms with van der Waals surface area (Å²) in [5.74, 6) is 3.67. The first kappa shape index (κ1) is 21.7. The average Bonchev–Trinajstić information content (AvgIpc) is 3.55. The second kappa shape index (κ2) is 9.80. The highest BCUT2D eigenvalue weighted by Gasteiger charge is 2.18. The average molecular weight is 472 g/mol. The maximum absolute atomic E-state index is 5.86. The van der Waals surface area contributed by atoms with Crippen molar-refractivity contribution in [1.82, 2.24) is 25.0 Å². The van der Waals surface area contributed by atoms with Crippen LogP contribution >= 0.6 is 11.8 Å². The molecule has 0 aliphatic rings. The Hall–Kier alpha value is -4.11. The second-order valence-electron chi connectivity index (χ2n) is 7.23. The highest BCUT2D eigenvalue weighted by atomic mass is 32.2. The van der Waals surface area contributed by atoms with Gasteiger partial charge in [0.05, 0.1) is 20.0 Å². The van der Waals surface area contributed by atoms with Crippen molar-refractivity contribution in [2.24, 2.45) is 0 Å². The highest BCUT2D eigenvalue weighted by Crippen LogP contribution is 2.32. The maximum atomic E-state index is 5.86. The largest absolute Gasteiger partial charge is 0.497 e. The molecular weight excluding hydrogens is 450 g/mol. The normalized spacial score (nSPS) is 10.9. The Morgan fingerprint density at radius 1 is 0.765 bits per heavy atom. The number of benzene rings is 3. The summed E-state index contributed by atoms with van der Waals surface area (Å²) in [7, 11) is 3.29. The molecule has 0 N–H and O–H groups in total. The van der Waals surface area contributed by atoms with Crippen LogP contribution in [0.2, 0.25) is 0 Å². The van der Waals surface area contributed by atoms with Crippen LogP contribution in [0.5, 0.6) is 11.5 Å². The van der Waals surface area contributed by atoms with Gasteiger partial charge in [0.15, 0.2) is 11.0 Å². The van der Waals surface area contributed by atoms with E-state index >= 15 is 0 Å². The fourth-order valence-electron chi connectivity index (χ4n) is 3.41. The van der Waals surface area contributed by atoms with E-state index in [1.165, 1.54) is 11.8 Å². The predicted octanol–water partition coefficient (Wildman–Crippen LogP) is 5.29. The van der Waals surface area contributed by atoms with Crippen LogP contribution in [0, 0.1) is 0 Å². The second-order valence-corrected chi connectivity index (χ2v) is 8.17. The summed E-state index contributed by atoms with van der Waals surface area (Å²) in [5, 5.41) is 18.0. The summed E-state index contributed by atoms with van der Waals surface area (Å²) in [6.07, 6.45) is 0. The minimum Gasteiger partial charge on any atom is -0.497 e. The van der Waals surface area contributed by atoms with Gasteiger partial charge in [-0.2, -0.15) is 0 Å². The molecule has 5 rings (SSSR count). The van der Waals surface area contributed by atoms with Crippen molar-refractivity contribution < 1.29 is 13.9 Å². The van der Waals surface area contributed by atoms with Crippen molar-refractivity contribution in [2.75, 3.05) is 14.2 Å². The first-order valence-electron chi connectivity index (χ1n) is 10.5. The molecule has 8 nitrogen and oxygen atoms in total. The Bertz CT molecular complexity index is 1380. The predicted molar refractivity (Wildman–Crippen MR) is 129 cm³/mol. The van der Waals surface area contributed by atoms with Crippen molar-refractivity contribution >= 4 is 11.8 Å². The van der Waals surface area contributed by atoms with E-state index in [-0.39, 0.29) is 0 Å². The first-order valence-corrected chi connectivity index (χ1v) is 11.5. The summed E-state index contributed by atoms with van der Waals surface area (Å²) in [6, 6.07) is 25.2. The number of nitrogens with zero attached hydrogens (tertiary/aromatic N) is 5. The van der Waals surface area contributed by atoms with Crippen molar-refractivity contribution in [2.45, 2.75) is 10.9 Å². The van der Waals surface area contributed by atoms with Crippen LogP contribution in [0.3, 0.4) is 0 Å². The fraction of sp³-hybridized carbons (Fsp3) is 0.120. The lowest BCUT2D eigenvalue weighted by Gasteiger charge is -2.11. The molecule has 3 aromatic carbocycles. The lowest BCUT2D eigenvalue weighted by atomic mass is 10.2. The van der Waals surface area contributed by atoms with Gasteiger partial charge < -0.3 is 13.9 Å². The van der Waals surface area contributed by atoms with Crippen LogP contribution in [-0.4, -0.2) is 39.2 Å². The third kappa shape index (κ3) is 4.51. The topological polar surface area (TPSA) is 88.1 Å². The SMILES string of the molecule is COc1ccc(-n2c(SCc3nnc(-c4ccccc4)o3)nnc2-c2cccc(OC)c2)cc1. The van der Waals surface area contributed by atoms with E-state index in [1.807, 2.05) is 83.4 Å². The molecule has 0 fully saturated rings. The molecule has 0 unspecified atom stereocenters. The van der Waals surface area contributed by atoms with Crippen molar-refractivity contribution in [3.05, 3.63) is 84.8 Å². The molecule has 2 aromatic heterocycles. The quantitative estimate of drug-likeness (QED) is 0.282. The monoisotopic (exact) mass is 471 g/mol. The van der Waals surface area contributed by atoms with E-state index in [9.17, 15) is 0 Å². The number of hydrogen-bond donors (Lipinski definition) is 0. The van der Waals surface area contributed by atoms with E-state index in [1.54, 1.807) is 14.2 Å². The summed E-state index contributed by atoms with van der Waals surface area (Å²) >= 11 is 1.47. The summed E-state index contributed by atoms with van der Waals surface area (Å²) in [6.45, 7) is 0. The summed E-state index contributed by atoms with van der Waals surface area (Å²) < 4.78 is 18.6. The molecule has 0 bridgehead atoms. The Morgan fingerprint density at radius 2 is 1.53 bits per heavy atom. The minimum atomic E-state index is 0.451. The molecule has 34 heavy (non-hydrogen) atoms. The summed E-state index contributed by atoms with van der Waals surface area (Å²) in [4.78, 5) is 0. The zero-order valence-corrected chi connectivity index (χ0v) is 19.4. The molecule has 0 aliphatic heterocycles. The smallest absolute Gasteiger partial charge is 0.247 e. The van der Waals surface area contributed by atoms with Crippen LogP contribution in [0.4, 0.5) is 0 Å². The molecule has 2 heterocycles. The molecule has 0 saturated heterocycles. The molecule has 9 heteroatoms. The van der Waals surface area contributed by atoms with Gasteiger partial charge in [0, 0.05) is 16.8 Å². The molecular formula is C25H21N5O3S. The molecule has 0 saturated carbocycles. The van der Waals surface area contributed by atoms with Crippen LogP contribution in [-0.2, 0) is 5.75 Å². The first-order chi connectivity index (χ1) is 16.7. The number of aromatic nitrogens is 5. The van der Waals surface area contributed by atoms with Crippen LogP contribution in [0.25, 0.3) is 28.5 Å². The van der Waals surface area contributed by atoms with Gasteiger partial charge in [0.1, 0.15) is 11.5 Å². The maximum Gasteiger partial charge on any atom is 0.247 e. The fourth-order valence-corrected chi connectivity index (χ4v) is 4.20. The van der Waals surface area contributed by atoms with Gasteiger partial charge in [-0.1, -0.05) is 42.1 Å². The third-order valence-corrected chi connectivity index (χ3v) is 6.02. The Balaban J connectivity index is 1.47. The van der Waals surface area contributed by atoms with E-state index in [0.29, 0.717) is 28.5 Å². The molecule has 5 aromatic rings. The van der Waals surface area contributed by atoms with Gasteiger partial charge in [-0.15, -0.1) is 20.4 Å². The molecule has 170 valence electrons. The zero-order chi connectivity index (χ0) is 23.3. The van der Waals surface area contributed by atoms with Crippen molar-refractivity contribution in [3.63, 3.8) is 0 Å². The van der Waals surface area contributed by atoms with Gasteiger partial charge in [0.2, 0.25) is 11.8 Å². The molecule has 0 aliphatic carbocycles. The van der Waals surface area contributed by atoms with Crippen LogP contribution in [0.1, 0.15) is 5.89 Å². The third-order valence-electron chi connectivity index (χ3n) is 5.10. The van der Waals surface area contributed by atoms with Gasteiger partial charge in [-0.3, -0.25) is 4.57 Å². The molecule has 0 spiro atoms. The Morgan fingerprint density at radius 3 is 2.29 bits per heavy atom. The van der Waals surface area contributed by atoms with Gasteiger partial charge in [0.25, 0.3) is 0 Å². The van der Waals surface area contributed by atoms with Crippen molar-refractivity contribution in [1.29, 1.82) is 0 Å². The van der Waals surface area contributed by atoms with Gasteiger partial charge >= 0.3 is 0 Å². The van der Waals surface area contributed by atoms with Crippen molar-refractivity contribution in [3.8, 4) is 40.0 Å². The standard InChI is InChI=1S/C25H21N5O3S/c1-31-20-13-11-19(12-14-20)30-23(18-9-6-10-21(15-18)32-2)27-29-25(30)34-16-22-26-28-24(33-22)17-7-4-3-5-8-17/h3-15H,16H2,1-2H3. The molecule has 0 radical (unpaired) electrons. The number of ether oxygens (including phenoxy) is 2. The number of rotatable bonds is 8.